The molecule has 8 rings (SSSR count). The second-order valence-corrected chi connectivity index (χ2v) is 9.85. The Morgan fingerprint density at radius 2 is 1.62 bits per heavy atom. The predicted octanol–water partition coefficient (Wildman–Crippen LogP) is 4.23. The number of hydrogen-bond acceptors (Lipinski definition) is 7. The number of tetrazole rings is 1. The van der Waals surface area contributed by atoms with Crippen molar-refractivity contribution in [1.82, 2.24) is 35.6 Å². The zero-order chi connectivity index (χ0) is 22.8. The molecule has 0 amide bonds. The van der Waals surface area contributed by atoms with Gasteiger partial charge in [-0.1, -0.05) is 6.07 Å². The molecule has 1 aromatic carbocycles. The highest BCUT2D eigenvalue weighted by atomic mass is 16.7. The van der Waals surface area contributed by atoms with Gasteiger partial charge < -0.3 is 14.5 Å². The van der Waals surface area contributed by atoms with Gasteiger partial charge in [0.1, 0.15) is 5.82 Å². The Morgan fingerprint density at radius 3 is 2.35 bits per heavy atom. The van der Waals surface area contributed by atoms with Gasteiger partial charge >= 0.3 is 0 Å². The fraction of sp³-hybridized carbons (Fsp3) is 0.400. The van der Waals surface area contributed by atoms with Crippen LogP contribution in [0.1, 0.15) is 55.9 Å². The van der Waals surface area contributed by atoms with Gasteiger partial charge in [0, 0.05) is 22.1 Å². The van der Waals surface area contributed by atoms with E-state index in [2.05, 4.69) is 25.6 Å². The lowest BCUT2D eigenvalue weighted by molar-refractivity contribution is 0.0900. The van der Waals surface area contributed by atoms with Crippen molar-refractivity contribution in [1.29, 1.82) is 0 Å². The highest BCUT2D eigenvalue weighted by Gasteiger charge is 2.53. The minimum Gasteiger partial charge on any atom is -0.454 e. The fourth-order valence-electron chi connectivity index (χ4n) is 6.02. The van der Waals surface area contributed by atoms with Gasteiger partial charge in [-0.2, -0.15) is 0 Å². The van der Waals surface area contributed by atoms with Gasteiger partial charge in [-0.3, -0.25) is 4.98 Å². The second kappa shape index (κ2) is 7.12. The maximum absolute atomic E-state index is 5.65. The van der Waals surface area contributed by atoms with Crippen LogP contribution in [0.4, 0.5) is 0 Å². The van der Waals surface area contributed by atoms with Crippen LogP contribution in [0.15, 0.2) is 36.4 Å². The molecule has 4 aromatic rings. The van der Waals surface area contributed by atoms with Crippen LogP contribution in [0.25, 0.3) is 22.6 Å². The molecule has 0 unspecified atom stereocenters. The summed E-state index contributed by atoms with van der Waals surface area (Å²) in [5.41, 5.74) is 4.83. The van der Waals surface area contributed by atoms with Crippen LogP contribution in [-0.4, -0.2) is 42.4 Å². The quantitative estimate of drug-likeness (QED) is 0.473. The fourth-order valence-corrected chi connectivity index (χ4v) is 6.02. The molecule has 9 nitrogen and oxygen atoms in total. The summed E-state index contributed by atoms with van der Waals surface area (Å²) in [5, 5.41) is 15.0. The predicted molar refractivity (Wildman–Crippen MR) is 123 cm³/mol. The van der Waals surface area contributed by atoms with Crippen molar-refractivity contribution in [2.75, 3.05) is 6.79 Å². The number of rotatable bonds is 4. The van der Waals surface area contributed by atoms with Gasteiger partial charge in [0.15, 0.2) is 17.3 Å². The summed E-state index contributed by atoms with van der Waals surface area (Å²) in [6.45, 7) is 2.27. The summed E-state index contributed by atoms with van der Waals surface area (Å²) in [7, 11) is 0. The third-order valence-corrected chi connectivity index (χ3v) is 8.09. The van der Waals surface area contributed by atoms with Crippen LogP contribution in [0, 0.1) is 6.92 Å². The standard InChI is InChI=1S/C25H25N7O2/c1-15-3-2-4-17(26-15)21-20(16-5-6-18-19(13-16)34-14-33-18)27-22(28-21)24-7-10-25(11-8-24,12-9-24)23-29-31-32-30-23/h2-6,13H,7-12,14H2,1H3,(H,27,28)(H,29,30,31,32). The molecule has 0 radical (unpaired) electrons. The third kappa shape index (κ3) is 2.89. The molecule has 3 aliphatic carbocycles. The van der Waals surface area contributed by atoms with E-state index < -0.39 is 0 Å². The van der Waals surface area contributed by atoms with E-state index in [1.807, 2.05) is 43.3 Å². The topological polar surface area (TPSA) is 114 Å². The Kier molecular flexibility index (Phi) is 4.13. The van der Waals surface area contributed by atoms with Crippen molar-refractivity contribution < 1.29 is 9.47 Å². The van der Waals surface area contributed by atoms with Crippen molar-refractivity contribution in [3.63, 3.8) is 0 Å². The molecule has 1 aliphatic heterocycles. The Hall–Kier alpha value is -3.75. The van der Waals surface area contributed by atoms with Crippen molar-refractivity contribution in [2.45, 2.75) is 56.3 Å². The number of aromatic amines is 2. The second-order valence-electron chi connectivity index (χ2n) is 9.85. The van der Waals surface area contributed by atoms with E-state index in [1.54, 1.807) is 0 Å². The summed E-state index contributed by atoms with van der Waals surface area (Å²) in [6.07, 6.45) is 6.35. The molecule has 4 aliphatic rings. The Bertz CT molecular complexity index is 1350. The molecule has 9 heteroatoms. The summed E-state index contributed by atoms with van der Waals surface area (Å²) in [6, 6.07) is 12.1. The maximum atomic E-state index is 5.65. The first kappa shape index (κ1) is 19.7. The van der Waals surface area contributed by atoms with Crippen LogP contribution in [0.5, 0.6) is 11.5 Å². The van der Waals surface area contributed by atoms with Crippen molar-refractivity contribution >= 4 is 0 Å². The van der Waals surface area contributed by atoms with E-state index >= 15 is 0 Å². The molecule has 3 saturated carbocycles. The first-order valence-electron chi connectivity index (χ1n) is 11.8. The van der Waals surface area contributed by atoms with Crippen LogP contribution >= 0.6 is 0 Å². The van der Waals surface area contributed by atoms with Crippen molar-refractivity contribution in [3.8, 4) is 34.1 Å². The van der Waals surface area contributed by atoms with E-state index in [4.69, 9.17) is 19.4 Å². The first-order chi connectivity index (χ1) is 16.6. The summed E-state index contributed by atoms with van der Waals surface area (Å²) >= 11 is 0. The molecule has 0 spiro atoms. The first-order valence-corrected chi connectivity index (χ1v) is 11.8. The lowest BCUT2D eigenvalue weighted by Crippen LogP contribution is -2.47. The highest BCUT2D eigenvalue weighted by molar-refractivity contribution is 5.78. The third-order valence-electron chi connectivity index (χ3n) is 8.09. The summed E-state index contributed by atoms with van der Waals surface area (Å²) in [4.78, 5) is 13.8. The van der Waals surface area contributed by atoms with E-state index in [0.717, 1.165) is 90.0 Å². The zero-order valence-corrected chi connectivity index (χ0v) is 19.0. The van der Waals surface area contributed by atoms with Crippen molar-refractivity contribution in [3.05, 3.63) is 53.7 Å². The smallest absolute Gasteiger partial charge is 0.231 e. The SMILES string of the molecule is Cc1cccc(-c2[nH]c(C34CCC(c5nnn[nH]5)(CC3)CC4)nc2-c2ccc3c(c2)OCO3)n1. The van der Waals surface area contributed by atoms with E-state index in [-0.39, 0.29) is 17.6 Å². The molecule has 4 heterocycles. The summed E-state index contributed by atoms with van der Waals surface area (Å²) in [5.74, 6) is 3.52. The normalized spacial score (nSPS) is 25.1. The molecule has 2 N–H and O–H groups in total. The number of imidazole rings is 1. The highest BCUT2D eigenvalue weighted by Crippen LogP contribution is 2.57. The van der Waals surface area contributed by atoms with E-state index in [9.17, 15) is 0 Å². The van der Waals surface area contributed by atoms with Gasteiger partial charge in [0.05, 0.1) is 17.1 Å². The number of benzene rings is 1. The van der Waals surface area contributed by atoms with Gasteiger partial charge in [-0.05, 0) is 86.2 Å². The average Bonchev–Trinajstić information content (AvgIpc) is 3.66. The molecule has 2 bridgehead atoms. The molecular formula is C25H25N7O2. The van der Waals surface area contributed by atoms with E-state index in [1.165, 1.54) is 0 Å². The molecule has 3 aromatic heterocycles. The van der Waals surface area contributed by atoms with Crippen molar-refractivity contribution in [2.24, 2.45) is 0 Å². The largest absolute Gasteiger partial charge is 0.454 e. The van der Waals surface area contributed by atoms with Crippen LogP contribution in [-0.2, 0) is 10.8 Å². The number of aromatic nitrogens is 7. The Labute approximate surface area is 196 Å². The minimum atomic E-state index is 0.0301. The minimum absolute atomic E-state index is 0.0301. The summed E-state index contributed by atoms with van der Waals surface area (Å²) < 4.78 is 11.2. The molecule has 0 saturated heterocycles. The van der Waals surface area contributed by atoms with Gasteiger partial charge in [-0.25, -0.2) is 10.1 Å². The van der Waals surface area contributed by atoms with Gasteiger partial charge in [-0.15, -0.1) is 5.10 Å². The number of aryl methyl sites for hydroxylation is 1. The number of nitrogens with one attached hydrogen (secondary N) is 2. The Balaban J connectivity index is 1.31. The number of ether oxygens (including phenoxy) is 2. The maximum Gasteiger partial charge on any atom is 0.231 e. The number of hydrogen-bond donors (Lipinski definition) is 2. The molecular weight excluding hydrogens is 430 g/mol. The molecule has 34 heavy (non-hydrogen) atoms. The number of pyridine rings is 1. The zero-order valence-electron chi connectivity index (χ0n) is 19.0. The number of fused-ring (bicyclic) bond motifs is 4. The van der Waals surface area contributed by atoms with Gasteiger partial charge in [0.2, 0.25) is 6.79 Å². The monoisotopic (exact) mass is 455 g/mol. The lowest BCUT2D eigenvalue weighted by atomic mass is 9.53. The lowest BCUT2D eigenvalue weighted by Gasteiger charge is -2.51. The van der Waals surface area contributed by atoms with Gasteiger partial charge in [0.25, 0.3) is 0 Å². The molecule has 172 valence electrons. The average molecular weight is 456 g/mol. The number of nitrogens with zero attached hydrogens (tertiary/aromatic N) is 5. The Morgan fingerprint density at radius 1 is 0.853 bits per heavy atom. The van der Waals surface area contributed by atoms with Crippen LogP contribution in [0.2, 0.25) is 0 Å². The van der Waals surface area contributed by atoms with Crippen LogP contribution in [0.3, 0.4) is 0 Å². The van der Waals surface area contributed by atoms with E-state index in [0.29, 0.717) is 0 Å². The number of H-pyrrole nitrogens is 2. The molecule has 3 fully saturated rings. The van der Waals surface area contributed by atoms with Crippen LogP contribution < -0.4 is 9.47 Å². The molecule has 0 atom stereocenters.